The average Bonchev–Trinajstić information content (AvgIpc) is 2.64. The van der Waals surface area contributed by atoms with Gasteiger partial charge in [-0.3, -0.25) is 14.2 Å². The zero-order valence-electron chi connectivity index (χ0n) is 15.3. The van der Waals surface area contributed by atoms with Crippen LogP contribution in [0.4, 0.5) is 10.3 Å². The van der Waals surface area contributed by atoms with Crippen molar-refractivity contribution in [3.8, 4) is 22.4 Å². The smallest absolute Gasteiger partial charge is 0.263 e. The van der Waals surface area contributed by atoms with E-state index in [0.29, 0.717) is 35.5 Å². The highest BCUT2D eigenvalue weighted by molar-refractivity contribution is 5.80. The van der Waals surface area contributed by atoms with Crippen molar-refractivity contribution in [2.45, 2.75) is 33.4 Å². The molecular weight excluding hydrogens is 347 g/mol. The van der Waals surface area contributed by atoms with E-state index in [1.54, 1.807) is 35.9 Å². The number of nitrogens with two attached hydrogens (primary N) is 1. The number of aryl methyl sites for hydroxylation is 1. The van der Waals surface area contributed by atoms with Crippen LogP contribution in [0.1, 0.15) is 20.3 Å². The molecule has 27 heavy (non-hydrogen) atoms. The SMILES string of the molecule is CCCn1cc(-c2c(-c3cccc(F)c3)nc(N)n(CC)c2=O)ccc1=O. The molecule has 0 atom stereocenters. The minimum absolute atomic E-state index is 0.0624. The Balaban J connectivity index is 2.35. The predicted octanol–water partition coefficient (Wildman–Crippen LogP) is 2.89. The van der Waals surface area contributed by atoms with E-state index >= 15 is 0 Å². The first-order chi connectivity index (χ1) is 13.0. The Kier molecular flexibility index (Phi) is 5.21. The molecule has 0 bridgehead atoms. The molecule has 3 rings (SSSR count). The predicted molar refractivity (Wildman–Crippen MR) is 104 cm³/mol. The topological polar surface area (TPSA) is 82.9 Å². The van der Waals surface area contributed by atoms with Gasteiger partial charge < -0.3 is 10.3 Å². The molecule has 3 aromatic rings. The van der Waals surface area contributed by atoms with Gasteiger partial charge in [-0.05, 0) is 31.5 Å². The maximum atomic E-state index is 13.8. The molecule has 0 amide bonds. The van der Waals surface area contributed by atoms with Gasteiger partial charge in [-0.15, -0.1) is 0 Å². The number of hydrogen-bond acceptors (Lipinski definition) is 4. The van der Waals surface area contributed by atoms with Crippen LogP contribution in [0.2, 0.25) is 0 Å². The summed E-state index contributed by atoms with van der Waals surface area (Å²) in [6.07, 6.45) is 2.42. The summed E-state index contributed by atoms with van der Waals surface area (Å²) in [7, 11) is 0. The number of hydrogen-bond donors (Lipinski definition) is 1. The molecule has 0 unspecified atom stereocenters. The van der Waals surface area contributed by atoms with Crippen LogP contribution in [0.25, 0.3) is 22.4 Å². The first kappa shape index (κ1) is 18.6. The Morgan fingerprint density at radius 1 is 1.11 bits per heavy atom. The van der Waals surface area contributed by atoms with Gasteiger partial charge in [0, 0.05) is 36.5 Å². The lowest BCUT2D eigenvalue weighted by Gasteiger charge is -2.15. The first-order valence-electron chi connectivity index (χ1n) is 8.83. The Bertz CT molecular complexity index is 1100. The molecule has 2 heterocycles. The molecule has 0 saturated carbocycles. The summed E-state index contributed by atoms with van der Waals surface area (Å²) >= 11 is 0. The van der Waals surface area contributed by atoms with Crippen LogP contribution >= 0.6 is 0 Å². The van der Waals surface area contributed by atoms with Gasteiger partial charge in [0.1, 0.15) is 5.82 Å². The second-order valence-electron chi connectivity index (χ2n) is 6.20. The summed E-state index contributed by atoms with van der Waals surface area (Å²) in [5, 5.41) is 0. The molecule has 6 nitrogen and oxygen atoms in total. The van der Waals surface area contributed by atoms with Crippen molar-refractivity contribution in [2.75, 3.05) is 5.73 Å². The van der Waals surface area contributed by atoms with E-state index in [0.717, 1.165) is 6.42 Å². The quantitative estimate of drug-likeness (QED) is 0.751. The molecule has 0 saturated heterocycles. The third kappa shape index (κ3) is 3.53. The zero-order valence-corrected chi connectivity index (χ0v) is 15.3. The van der Waals surface area contributed by atoms with Crippen molar-refractivity contribution in [3.05, 3.63) is 69.1 Å². The second kappa shape index (κ2) is 7.57. The third-order valence-electron chi connectivity index (χ3n) is 4.35. The molecule has 0 aliphatic rings. The molecule has 1 aromatic carbocycles. The largest absolute Gasteiger partial charge is 0.369 e. The summed E-state index contributed by atoms with van der Waals surface area (Å²) in [6.45, 7) is 4.64. The zero-order chi connectivity index (χ0) is 19.6. The van der Waals surface area contributed by atoms with Gasteiger partial charge in [0.2, 0.25) is 5.95 Å². The fourth-order valence-corrected chi connectivity index (χ4v) is 3.08. The lowest BCUT2D eigenvalue weighted by Crippen LogP contribution is -2.27. The lowest BCUT2D eigenvalue weighted by molar-refractivity contribution is 0.628. The van der Waals surface area contributed by atoms with E-state index in [1.807, 2.05) is 6.92 Å². The van der Waals surface area contributed by atoms with Crippen molar-refractivity contribution in [3.63, 3.8) is 0 Å². The molecule has 7 heteroatoms. The van der Waals surface area contributed by atoms with Crippen LogP contribution in [-0.2, 0) is 13.1 Å². The standard InChI is InChI=1S/C20H21FN4O2/c1-3-10-24-12-14(8-9-16(24)26)17-18(13-6-5-7-15(21)11-13)23-20(22)25(4-2)19(17)27/h5-9,11-12H,3-4,10H2,1-2H3,(H2,22,23). The number of nitrogens with zero attached hydrogens (tertiary/aromatic N) is 3. The molecule has 0 radical (unpaired) electrons. The lowest BCUT2D eigenvalue weighted by atomic mass is 10.0. The Hall–Kier alpha value is -3.22. The molecule has 0 spiro atoms. The van der Waals surface area contributed by atoms with E-state index in [2.05, 4.69) is 4.98 Å². The number of rotatable bonds is 5. The Morgan fingerprint density at radius 3 is 2.56 bits per heavy atom. The van der Waals surface area contributed by atoms with Gasteiger partial charge in [0.15, 0.2) is 0 Å². The first-order valence-corrected chi connectivity index (χ1v) is 8.83. The van der Waals surface area contributed by atoms with Crippen molar-refractivity contribution >= 4 is 5.95 Å². The monoisotopic (exact) mass is 368 g/mol. The van der Waals surface area contributed by atoms with Gasteiger partial charge in [0.25, 0.3) is 11.1 Å². The van der Waals surface area contributed by atoms with E-state index in [1.165, 1.54) is 22.8 Å². The third-order valence-corrected chi connectivity index (χ3v) is 4.35. The minimum Gasteiger partial charge on any atom is -0.369 e. The fourth-order valence-electron chi connectivity index (χ4n) is 3.08. The highest BCUT2D eigenvalue weighted by atomic mass is 19.1. The van der Waals surface area contributed by atoms with Gasteiger partial charge in [-0.25, -0.2) is 9.37 Å². The number of halogens is 1. The van der Waals surface area contributed by atoms with E-state index in [4.69, 9.17) is 5.73 Å². The van der Waals surface area contributed by atoms with Crippen LogP contribution in [0, 0.1) is 5.82 Å². The van der Waals surface area contributed by atoms with Gasteiger partial charge in [-0.2, -0.15) is 0 Å². The average molecular weight is 368 g/mol. The van der Waals surface area contributed by atoms with Crippen molar-refractivity contribution < 1.29 is 4.39 Å². The number of aromatic nitrogens is 3. The molecule has 2 N–H and O–H groups in total. The van der Waals surface area contributed by atoms with E-state index in [9.17, 15) is 14.0 Å². The van der Waals surface area contributed by atoms with Crippen molar-refractivity contribution in [1.82, 2.24) is 14.1 Å². The van der Waals surface area contributed by atoms with Crippen LogP contribution in [-0.4, -0.2) is 14.1 Å². The summed E-state index contributed by atoms with van der Waals surface area (Å²) in [6, 6.07) is 8.87. The van der Waals surface area contributed by atoms with E-state index in [-0.39, 0.29) is 17.1 Å². The number of pyridine rings is 1. The van der Waals surface area contributed by atoms with Gasteiger partial charge >= 0.3 is 0 Å². The van der Waals surface area contributed by atoms with Gasteiger partial charge in [-0.1, -0.05) is 19.1 Å². The summed E-state index contributed by atoms with van der Waals surface area (Å²) in [5.41, 5.74) is 7.07. The molecule has 140 valence electrons. The second-order valence-corrected chi connectivity index (χ2v) is 6.20. The Morgan fingerprint density at radius 2 is 1.89 bits per heavy atom. The number of anilines is 1. The van der Waals surface area contributed by atoms with E-state index < -0.39 is 5.82 Å². The van der Waals surface area contributed by atoms with Crippen LogP contribution in [0.15, 0.2) is 52.2 Å². The fraction of sp³-hybridized carbons (Fsp3) is 0.250. The molecule has 0 aliphatic heterocycles. The molecule has 0 aliphatic carbocycles. The highest BCUT2D eigenvalue weighted by Crippen LogP contribution is 2.28. The van der Waals surface area contributed by atoms with Crippen molar-refractivity contribution in [1.29, 1.82) is 0 Å². The van der Waals surface area contributed by atoms with Crippen LogP contribution in [0.5, 0.6) is 0 Å². The summed E-state index contributed by atoms with van der Waals surface area (Å²) in [4.78, 5) is 29.5. The summed E-state index contributed by atoms with van der Waals surface area (Å²) < 4.78 is 16.7. The normalized spacial score (nSPS) is 10.9. The Labute approximate surface area is 155 Å². The molecular formula is C20H21FN4O2. The maximum Gasteiger partial charge on any atom is 0.263 e. The summed E-state index contributed by atoms with van der Waals surface area (Å²) in [5.74, 6) is -0.373. The highest BCUT2D eigenvalue weighted by Gasteiger charge is 2.19. The van der Waals surface area contributed by atoms with Crippen LogP contribution < -0.4 is 16.9 Å². The maximum absolute atomic E-state index is 13.8. The number of nitrogen functional groups attached to an aromatic ring is 1. The molecule has 0 fully saturated rings. The van der Waals surface area contributed by atoms with Gasteiger partial charge in [0.05, 0.1) is 11.3 Å². The minimum atomic E-state index is -0.436. The van der Waals surface area contributed by atoms with Crippen LogP contribution in [0.3, 0.4) is 0 Å². The van der Waals surface area contributed by atoms with Crippen molar-refractivity contribution in [2.24, 2.45) is 0 Å². The molecule has 2 aromatic heterocycles. The number of benzene rings is 1.